The van der Waals surface area contributed by atoms with Crippen molar-refractivity contribution in [3.8, 4) is 5.75 Å². The molecule has 0 atom stereocenters. The van der Waals surface area contributed by atoms with Crippen molar-refractivity contribution in [3.63, 3.8) is 0 Å². The lowest BCUT2D eigenvalue weighted by atomic mass is 10.1. The molecule has 4 rings (SSSR count). The molecule has 2 aromatic carbocycles. The zero-order valence-electron chi connectivity index (χ0n) is 17.6. The summed E-state index contributed by atoms with van der Waals surface area (Å²) in [7, 11) is 3.21. The first-order valence-corrected chi connectivity index (χ1v) is 10.8. The van der Waals surface area contributed by atoms with Gasteiger partial charge in [0.25, 0.3) is 0 Å². The monoisotopic (exact) mass is 451 g/mol. The summed E-state index contributed by atoms with van der Waals surface area (Å²) < 4.78 is 5.23. The van der Waals surface area contributed by atoms with Gasteiger partial charge in [0.15, 0.2) is 0 Å². The second-order valence-corrected chi connectivity index (χ2v) is 8.47. The molecule has 3 aromatic rings. The summed E-state index contributed by atoms with van der Waals surface area (Å²) in [5, 5.41) is 3.84. The summed E-state index contributed by atoms with van der Waals surface area (Å²) >= 11 is 1.38. The lowest BCUT2D eigenvalue weighted by Gasteiger charge is -2.21. The van der Waals surface area contributed by atoms with Crippen LogP contribution in [0.3, 0.4) is 0 Å². The number of ether oxygens (including phenoxy) is 1. The Bertz CT molecular complexity index is 1210. The van der Waals surface area contributed by atoms with Gasteiger partial charge in [-0.25, -0.2) is 9.69 Å². The van der Waals surface area contributed by atoms with Gasteiger partial charge in [0.05, 0.1) is 13.7 Å². The highest BCUT2D eigenvalue weighted by atomic mass is 32.1. The average molecular weight is 452 g/mol. The van der Waals surface area contributed by atoms with Gasteiger partial charge in [-0.3, -0.25) is 19.3 Å². The molecule has 1 aromatic heterocycles. The quantitative estimate of drug-likeness (QED) is 0.407. The number of urea groups is 1. The molecule has 2 heterocycles. The van der Waals surface area contributed by atoms with Crippen molar-refractivity contribution in [2.75, 3.05) is 20.7 Å². The van der Waals surface area contributed by atoms with Crippen molar-refractivity contribution in [1.82, 2.24) is 14.7 Å². The normalized spacial score (nSPS) is 13.9. The summed E-state index contributed by atoms with van der Waals surface area (Å²) in [6.45, 7) is -0.168. The van der Waals surface area contributed by atoms with Crippen LogP contribution in [0.25, 0.3) is 10.8 Å². The largest absolute Gasteiger partial charge is 0.497 e. The van der Waals surface area contributed by atoms with Gasteiger partial charge in [0, 0.05) is 18.5 Å². The summed E-state index contributed by atoms with van der Waals surface area (Å²) in [6, 6.07) is 14.4. The highest BCUT2D eigenvalue weighted by Crippen LogP contribution is 2.23. The van der Waals surface area contributed by atoms with Crippen LogP contribution < -0.4 is 4.74 Å². The van der Waals surface area contributed by atoms with Crippen LogP contribution in [0, 0.1) is 0 Å². The molecule has 164 valence electrons. The van der Waals surface area contributed by atoms with E-state index in [4.69, 9.17) is 4.74 Å². The number of nitrogens with zero attached hydrogens (tertiary/aromatic N) is 3. The third kappa shape index (κ3) is 4.19. The molecule has 32 heavy (non-hydrogen) atoms. The van der Waals surface area contributed by atoms with Gasteiger partial charge in [-0.05, 0) is 46.0 Å². The SMILES string of the molecule is COc1ccc2cc(CN(C)C(=O)CN3C(=O)C(=O)N(Cc4cccs4)C3=O)ccc2c1. The lowest BCUT2D eigenvalue weighted by molar-refractivity contribution is -0.145. The first-order chi connectivity index (χ1) is 15.4. The van der Waals surface area contributed by atoms with Crippen molar-refractivity contribution in [2.45, 2.75) is 13.1 Å². The maximum atomic E-state index is 12.7. The van der Waals surface area contributed by atoms with Crippen molar-refractivity contribution in [1.29, 1.82) is 0 Å². The van der Waals surface area contributed by atoms with Crippen LogP contribution in [0.5, 0.6) is 5.75 Å². The topological polar surface area (TPSA) is 87.2 Å². The second kappa shape index (κ2) is 8.80. The highest BCUT2D eigenvalue weighted by molar-refractivity contribution is 7.09. The summed E-state index contributed by atoms with van der Waals surface area (Å²) in [6.07, 6.45) is 0. The molecule has 0 N–H and O–H groups in total. The zero-order valence-corrected chi connectivity index (χ0v) is 18.4. The van der Waals surface area contributed by atoms with Gasteiger partial charge in [-0.15, -0.1) is 11.3 Å². The Morgan fingerprint density at radius 3 is 2.44 bits per heavy atom. The third-order valence-electron chi connectivity index (χ3n) is 5.28. The minimum absolute atomic E-state index is 0.0173. The minimum atomic E-state index is -0.979. The molecule has 0 spiro atoms. The summed E-state index contributed by atoms with van der Waals surface area (Å²) in [4.78, 5) is 53.7. The standard InChI is InChI=1S/C23H21N3O5S/c1-24(12-15-5-6-17-11-18(31-2)8-7-16(17)10-15)20(27)14-26-22(29)21(28)25(23(26)30)13-19-4-3-9-32-19/h3-11H,12-14H2,1-2H3. The van der Waals surface area contributed by atoms with Crippen LogP contribution in [0.1, 0.15) is 10.4 Å². The summed E-state index contributed by atoms with van der Waals surface area (Å²) in [5.74, 6) is -1.57. The van der Waals surface area contributed by atoms with Gasteiger partial charge in [0.1, 0.15) is 12.3 Å². The van der Waals surface area contributed by atoms with E-state index in [9.17, 15) is 19.2 Å². The Labute approximate surface area is 188 Å². The molecule has 5 amide bonds. The van der Waals surface area contributed by atoms with Gasteiger partial charge in [-0.1, -0.05) is 24.3 Å². The second-order valence-electron chi connectivity index (χ2n) is 7.44. The van der Waals surface area contributed by atoms with E-state index in [0.717, 1.165) is 31.9 Å². The van der Waals surface area contributed by atoms with Crippen LogP contribution in [-0.4, -0.2) is 59.2 Å². The van der Waals surface area contributed by atoms with Crippen LogP contribution in [-0.2, 0) is 27.5 Å². The van der Waals surface area contributed by atoms with Crippen molar-refractivity contribution < 1.29 is 23.9 Å². The lowest BCUT2D eigenvalue weighted by Crippen LogP contribution is -2.41. The zero-order chi connectivity index (χ0) is 22.8. The van der Waals surface area contributed by atoms with Crippen LogP contribution in [0.4, 0.5) is 4.79 Å². The Hall–Kier alpha value is -3.72. The molecule has 0 radical (unpaired) electrons. The van der Waals surface area contributed by atoms with Gasteiger partial charge < -0.3 is 9.64 Å². The van der Waals surface area contributed by atoms with Crippen LogP contribution in [0.2, 0.25) is 0 Å². The van der Waals surface area contributed by atoms with Crippen molar-refractivity contribution in [3.05, 3.63) is 64.4 Å². The van der Waals surface area contributed by atoms with Gasteiger partial charge >= 0.3 is 17.8 Å². The number of benzene rings is 2. The van der Waals surface area contributed by atoms with E-state index >= 15 is 0 Å². The van der Waals surface area contributed by atoms with Gasteiger partial charge in [-0.2, -0.15) is 0 Å². The number of carbonyl (C=O) groups excluding carboxylic acids is 4. The summed E-state index contributed by atoms with van der Waals surface area (Å²) in [5.41, 5.74) is 0.896. The predicted molar refractivity (Wildman–Crippen MR) is 119 cm³/mol. The Morgan fingerprint density at radius 2 is 1.72 bits per heavy atom. The Kier molecular flexibility index (Phi) is 5.91. The first-order valence-electron chi connectivity index (χ1n) is 9.87. The van der Waals surface area contributed by atoms with E-state index in [1.807, 2.05) is 41.8 Å². The molecule has 0 unspecified atom stereocenters. The number of hydrogen-bond donors (Lipinski definition) is 0. The smallest absolute Gasteiger partial charge is 0.335 e. The number of likely N-dealkylation sites (N-methyl/N-ethyl adjacent to an activating group) is 1. The van der Waals surface area contributed by atoms with E-state index in [0.29, 0.717) is 11.4 Å². The molecule has 0 bridgehead atoms. The number of methoxy groups -OCH3 is 1. The molecule has 9 heteroatoms. The van der Waals surface area contributed by atoms with E-state index in [2.05, 4.69) is 0 Å². The molecule has 8 nitrogen and oxygen atoms in total. The molecule has 0 aliphatic carbocycles. The maximum absolute atomic E-state index is 12.7. The molecule has 0 saturated carbocycles. The fraction of sp³-hybridized carbons (Fsp3) is 0.217. The number of imide groups is 2. The fourth-order valence-corrected chi connectivity index (χ4v) is 4.20. The van der Waals surface area contributed by atoms with Crippen molar-refractivity contribution in [2.24, 2.45) is 0 Å². The molecule has 1 fully saturated rings. The van der Waals surface area contributed by atoms with E-state index in [1.54, 1.807) is 26.3 Å². The number of hydrogen-bond acceptors (Lipinski definition) is 6. The van der Waals surface area contributed by atoms with E-state index in [1.165, 1.54) is 16.2 Å². The van der Waals surface area contributed by atoms with E-state index in [-0.39, 0.29) is 6.54 Å². The average Bonchev–Trinajstić information content (AvgIpc) is 3.38. The number of rotatable bonds is 7. The molecule has 1 aliphatic heterocycles. The molecule has 1 aliphatic rings. The van der Waals surface area contributed by atoms with E-state index < -0.39 is 30.3 Å². The van der Waals surface area contributed by atoms with Gasteiger partial charge in [0.2, 0.25) is 5.91 Å². The number of amides is 5. The minimum Gasteiger partial charge on any atom is -0.497 e. The molecular weight excluding hydrogens is 430 g/mol. The first kappa shape index (κ1) is 21.5. The number of carbonyl (C=O) groups is 4. The molecule has 1 saturated heterocycles. The number of fused-ring (bicyclic) bond motifs is 1. The number of thiophene rings is 1. The Balaban J connectivity index is 1.42. The highest BCUT2D eigenvalue weighted by Gasteiger charge is 2.45. The predicted octanol–water partition coefficient (Wildman–Crippen LogP) is 2.86. The van der Waals surface area contributed by atoms with Crippen LogP contribution >= 0.6 is 11.3 Å². The third-order valence-corrected chi connectivity index (χ3v) is 6.14. The van der Waals surface area contributed by atoms with Crippen molar-refractivity contribution >= 4 is 45.9 Å². The Morgan fingerprint density at radius 1 is 1.00 bits per heavy atom. The fourth-order valence-electron chi connectivity index (χ4n) is 3.50. The van der Waals surface area contributed by atoms with Crippen LogP contribution in [0.15, 0.2) is 53.9 Å². The molecular formula is C23H21N3O5S. The maximum Gasteiger partial charge on any atom is 0.335 e.